The van der Waals surface area contributed by atoms with Gasteiger partial charge in [-0.15, -0.1) is 11.3 Å². The quantitative estimate of drug-likeness (QED) is 0.550. The third-order valence-electron chi connectivity index (χ3n) is 5.93. The van der Waals surface area contributed by atoms with Crippen molar-refractivity contribution in [1.82, 2.24) is 19.7 Å². The highest BCUT2D eigenvalue weighted by Crippen LogP contribution is 2.38. The fourth-order valence-corrected chi connectivity index (χ4v) is 5.30. The molecular formula is C23H27N5O3S. The molecule has 1 aliphatic carbocycles. The van der Waals surface area contributed by atoms with E-state index < -0.39 is 0 Å². The summed E-state index contributed by atoms with van der Waals surface area (Å²) in [6, 6.07) is 8.04. The van der Waals surface area contributed by atoms with Gasteiger partial charge < -0.3 is 10.1 Å². The summed E-state index contributed by atoms with van der Waals surface area (Å²) in [6.07, 6.45) is 7.11. The van der Waals surface area contributed by atoms with Gasteiger partial charge >= 0.3 is 5.97 Å². The van der Waals surface area contributed by atoms with E-state index in [1.807, 2.05) is 36.2 Å². The lowest BCUT2D eigenvalue weighted by molar-refractivity contribution is -0.117. The number of methoxy groups -OCH3 is 1. The first kappa shape index (κ1) is 22.2. The second kappa shape index (κ2) is 9.62. The summed E-state index contributed by atoms with van der Waals surface area (Å²) in [4.78, 5) is 32.3. The molecule has 32 heavy (non-hydrogen) atoms. The van der Waals surface area contributed by atoms with Gasteiger partial charge in [0.05, 0.1) is 24.9 Å². The summed E-state index contributed by atoms with van der Waals surface area (Å²) < 4.78 is 6.69. The van der Waals surface area contributed by atoms with Crippen LogP contribution in [-0.4, -0.2) is 52.2 Å². The Morgan fingerprint density at radius 2 is 2.00 bits per heavy atom. The maximum Gasteiger partial charge on any atom is 0.341 e. The largest absolute Gasteiger partial charge is 0.465 e. The Kier molecular flexibility index (Phi) is 6.66. The average molecular weight is 454 g/mol. The highest BCUT2D eigenvalue weighted by molar-refractivity contribution is 7.17. The Morgan fingerprint density at radius 1 is 1.25 bits per heavy atom. The van der Waals surface area contributed by atoms with Crippen molar-refractivity contribution in [3.05, 3.63) is 58.5 Å². The molecule has 8 nitrogen and oxygen atoms in total. The van der Waals surface area contributed by atoms with Crippen LogP contribution in [0.3, 0.4) is 0 Å². The van der Waals surface area contributed by atoms with E-state index in [-0.39, 0.29) is 24.5 Å². The normalized spacial score (nSPS) is 14.1. The van der Waals surface area contributed by atoms with Crippen molar-refractivity contribution in [3.63, 3.8) is 0 Å². The van der Waals surface area contributed by atoms with Gasteiger partial charge in [0, 0.05) is 10.9 Å². The number of benzene rings is 1. The van der Waals surface area contributed by atoms with Crippen molar-refractivity contribution in [2.45, 2.75) is 38.6 Å². The molecule has 2 aromatic heterocycles. The van der Waals surface area contributed by atoms with E-state index in [0.717, 1.165) is 42.5 Å². The first-order chi connectivity index (χ1) is 15.5. The number of carbonyl (C=O) groups excluding carboxylic acids is 2. The van der Waals surface area contributed by atoms with Crippen molar-refractivity contribution in [3.8, 4) is 5.69 Å². The summed E-state index contributed by atoms with van der Waals surface area (Å²) in [5.41, 5.74) is 3.58. The Hall–Kier alpha value is -3.04. The van der Waals surface area contributed by atoms with Crippen molar-refractivity contribution in [1.29, 1.82) is 0 Å². The van der Waals surface area contributed by atoms with E-state index >= 15 is 0 Å². The summed E-state index contributed by atoms with van der Waals surface area (Å²) in [5, 5.41) is 7.71. The Labute approximate surface area is 191 Å². The van der Waals surface area contributed by atoms with Gasteiger partial charge in [0.15, 0.2) is 0 Å². The fourth-order valence-electron chi connectivity index (χ4n) is 4.00. The minimum Gasteiger partial charge on any atom is -0.465 e. The molecule has 3 aromatic rings. The van der Waals surface area contributed by atoms with Gasteiger partial charge in [-0.25, -0.2) is 14.5 Å². The molecule has 0 bridgehead atoms. The van der Waals surface area contributed by atoms with Crippen LogP contribution in [0.25, 0.3) is 5.69 Å². The Bertz CT molecular complexity index is 1090. The van der Waals surface area contributed by atoms with Crippen LogP contribution in [0, 0.1) is 0 Å². The Balaban J connectivity index is 1.43. The number of rotatable bonds is 7. The van der Waals surface area contributed by atoms with Gasteiger partial charge in [-0.05, 0) is 62.9 Å². The smallest absolute Gasteiger partial charge is 0.341 e. The van der Waals surface area contributed by atoms with Gasteiger partial charge in [0.1, 0.15) is 17.7 Å². The molecule has 0 fully saturated rings. The van der Waals surface area contributed by atoms with Crippen molar-refractivity contribution < 1.29 is 14.3 Å². The van der Waals surface area contributed by atoms with Gasteiger partial charge in [-0.3, -0.25) is 9.69 Å². The molecule has 1 aromatic carbocycles. The summed E-state index contributed by atoms with van der Waals surface area (Å²) in [6.45, 7) is 2.26. The number of amides is 1. The van der Waals surface area contributed by atoms with Crippen molar-refractivity contribution in [2.75, 3.05) is 26.0 Å². The van der Waals surface area contributed by atoms with Crippen LogP contribution >= 0.6 is 11.3 Å². The first-order valence-electron chi connectivity index (χ1n) is 10.7. The molecule has 1 atom stereocenters. The minimum atomic E-state index is -0.381. The number of hydrogen-bond acceptors (Lipinski definition) is 7. The monoisotopic (exact) mass is 453 g/mol. The van der Waals surface area contributed by atoms with Crippen LogP contribution < -0.4 is 5.32 Å². The lowest BCUT2D eigenvalue weighted by Crippen LogP contribution is -2.32. The summed E-state index contributed by atoms with van der Waals surface area (Å²) in [5.74, 6) is -0.531. The fraction of sp³-hybridized carbons (Fsp3) is 0.391. The number of carbonyl (C=O) groups is 2. The molecule has 9 heteroatoms. The van der Waals surface area contributed by atoms with Gasteiger partial charge in [0.2, 0.25) is 5.91 Å². The van der Waals surface area contributed by atoms with E-state index in [1.165, 1.54) is 29.7 Å². The predicted octanol–water partition coefficient (Wildman–Crippen LogP) is 3.63. The zero-order valence-corrected chi connectivity index (χ0v) is 19.3. The summed E-state index contributed by atoms with van der Waals surface area (Å²) in [7, 11) is 3.29. The SMILES string of the molecule is COC(=O)c1c(NC(=O)CN(C)C(C)c2ccc(-n3cncn3)cc2)sc2c1CCCC2. The van der Waals surface area contributed by atoms with E-state index in [2.05, 4.69) is 22.3 Å². The number of fused-ring (bicyclic) bond motifs is 1. The first-order valence-corrected chi connectivity index (χ1v) is 11.5. The third kappa shape index (κ3) is 4.58. The molecule has 1 unspecified atom stereocenters. The number of thiophene rings is 1. The van der Waals surface area contributed by atoms with Crippen LogP contribution in [0.2, 0.25) is 0 Å². The molecule has 168 valence electrons. The number of nitrogens with one attached hydrogen (secondary N) is 1. The summed E-state index contributed by atoms with van der Waals surface area (Å²) >= 11 is 1.50. The van der Waals surface area contributed by atoms with Crippen LogP contribution in [0.15, 0.2) is 36.9 Å². The number of anilines is 1. The standard InChI is InChI=1S/C23H27N5O3S/c1-15(16-8-10-17(11-9-16)28-14-24-13-25-28)27(2)12-20(29)26-22-21(23(30)31-3)18-6-4-5-7-19(18)32-22/h8-11,13-15H,4-7,12H2,1-3H3,(H,26,29). The third-order valence-corrected chi connectivity index (χ3v) is 7.13. The lowest BCUT2D eigenvalue weighted by atomic mass is 9.95. The number of nitrogens with zero attached hydrogens (tertiary/aromatic N) is 4. The zero-order chi connectivity index (χ0) is 22.7. The number of likely N-dealkylation sites (N-methyl/N-ethyl adjacent to an activating group) is 1. The maximum absolute atomic E-state index is 12.8. The molecule has 0 saturated heterocycles. The number of aryl methyl sites for hydroxylation is 1. The molecule has 0 saturated carbocycles. The lowest BCUT2D eigenvalue weighted by Gasteiger charge is -2.24. The van der Waals surface area contributed by atoms with Gasteiger partial charge in [-0.1, -0.05) is 12.1 Å². The molecule has 0 spiro atoms. The van der Waals surface area contributed by atoms with E-state index in [4.69, 9.17) is 4.74 Å². The average Bonchev–Trinajstić information content (AvgIpc) is 3.46. The molecule has 0 aliphatic heterocycles. The number of esters is 1. The number of ether oxygens (including phenoxy) is 1. The molecular weight excluding hydrogens is 426 g/mol. The van der Waals surface area contributed by atoms with Crippen LogP contribution in [0.4, 0.5) is 5.00 Å². The van der Waals surface area contributed by atoms with Crippen LogP contribution in [-0.2, 0) is 22.4 Å². The molecule has 2 heterocycles. The van der Waals surface area contributed by atoms with Crippen LogP contribution in [0.5, 0.6) is 0 Å². The van der Waals surface area contributed by atoms with Gasteiger partial charge in [0.25, 0.3) is 0 Å². The molecule has 1 amide bonds. The second-order valence-electron chi connectivity index (χ2n) is 7.98. The minimum absolute atomic E-state index is 0.0298. The van der Waals surface area contributed by atoms with E-state index in [0.29, 0.717) is 10.6 Å². The number of aromatic nitrogens is 3. The maximum atomic E-state index is 12.8. The zero-order valence-electron chi connectivity index (χ0n) is 18.5. The van der Waals surface area contributed by atoms with Gasteiger partial charge in [-0.2, -0.15) is 5.10 Å². The highest BCUT2D eigenvalue weighted by Gasteiger charge is 2.27. The van der Waals surface area contributed by atoms with Crippen molar-refractivity contribution in [2.24, 2.45) is 0 Å². The number of hydrogen-bond donors (Lipinski definition) is 1. The molecule has 0 radical (unpaired) electrons. The Morgan fingerprint density at radius 3 is 2.69 bits per heavy atom. The van der Waals surface area contributed by atoms with Crippen molar-refractivity contribution >= 4 is 28.2 Å². The molecule has 1 N–H and O–H groups in total. The van der Waals surface area contributed by atoms with E-state index in [1.54, 1.807) is 11.0 Å². The highest BCUT2D eigenvalue weighted by atomic mass is 32.1. The topological polar surface area (TPSA) is 89.4 Å². The second-order valence-corrected chi connectivity index (χ2v) is 9.08. The molecule has 4 rings (SSSR count). The predicted molar refractivity (Wildman–Crippen MR) is 123 cm³/mol. The molecule has 1 aliphatic rings. The van der Waals surface area contributed by atoms with Crippen LogP contribution in [0.1, 0.15) is 52.2 Å². The van der Waals surface area contributed by atoms with E-state index in [9.17, 15) is 9.59 Å².